The van der Waals surface area contributed by atoms with Crippen LogP contribution in [0, 0.1) is 6.92 Å². The highest BCUT2D eigenvalue weighted by molar-refractivity contribution is 6.04. The van der Waals surface area contributed by atoms with Gasteiger partial charge in [-0.3, -0.25) is 4.79 Å². The zero-order valence-corrected chi connectivity index (χ0v) is 13.8. The van der Waals surface area contributed by atoms with Crippen molar-refractivity contribution in [3.05, 3.63) is 47.4 Å². The number of aryl methyl sites for hydroxylation is 1. The fraction of sp³-hybridized carbons (Fsp3) is 0.353. The van der Waals surface area contributed by atoms with Crippen molar-refractivity contribution < 1.29 is 13.9 Å². The lowest BCUT2D eigenvalue weighted by Crippen LogP contribution is -2.20. The van der Waals surface area contributed by atoms with E-state index in [2.05, 4.69) is 5.32 Å². The number of nitrogens with two attached hydrogens (primary N) is 1. The van der Waals surface area contributed by atoms with E-state index in [4.69, 9.17) is 14.9 Å². The number of hydrogen-bond acceptors (Lipinski definition) is 5. The smallest absolute Gasteiger partial charge is 0.259 e. The number of furan rings is 1. The molecular weight excluding hydrogens is 294 g/mol. The van der Waals surface area contributed by atoms with Gasteiger partial charge in [-0.05, 0) is 44.8 Å². The monoisotopic (exact) mass is 317 g/mol. The predicted octanol–water partition coefficient (Wildman–Crippen LogP) is 2.24. The number of likely N-dealkylation sites (N-methyl/N-ethyl adjacent to an activating group) is 1. The molecule has 1 heterocycles. The molecule has 124 valence electrons. The lowest BCUT2D eigenvalue weighted by atomic mass is 10.2. The number of rotatable bonds is 7. The number of benzene rings is 1. The fourth-order valence-electron chi connectivity index (χ4n) is 1.99. The normalized spacial score (nSPS) is 10.8. The predicted molar refractivity (Wildman–Crippen MR) is 89.8 cm³/mol. The van der Waals surface area contributed by atoms with Crippen molar-refractivity contribution in [3.8, 4) is 5.75 Å². The van der Waals surface area contributed by atoms with Gasteiger partial charge in [0.15, 0.2) is 0 Å². The van der Waals surface area contributed by atoms with Crippen molar-refractivity contribution in [2.45, 2.75) is 13.5 Å². The van der Waals surface area contributed by atoms with Crippen molar-refractivity contribution in [3.63, 3.8) is 0 Å². The van der Waals surface area contributed by atoms with Gasteiger partial charge in [0.05, 0.1) is 17.8 Å². The minimum Gasteiger partial charge on any atom is -0.490 e. The molecule has 3 N–H and O–H groups in total. The van der Waals surface area contributed by atoms with Crippen LogP contribution < -0.4 is 15.8 Å². The zero-order chi connectivity index (χ0) is 16.8. The molecular formula is C17H23N3O3. The van der Waals surface area contributed by atoms with Crippen LogP contribution in [0.5, 0.6) is 5.75 Å². The quantitative estimate of drug-likeness (QED) is 0.818. The maximum absolute atomic E-state index is 12.3. The van der Waals surface area contributed by atoms with E-state index in [1.165, 1.54) is 6.26 Å². The number of carbonyl (C=O) groups is 1. The molecule has 0 unspecified atom stereocenters. The van der Waals surface area contributed by atoms with Crippen molar-refractivity contribution in [1.29, 1.82) is 0 Å². The molecule has 0 fully saturated rings. The molecule has 0 bridgehead atoms. The van der Waals surface area contributed by atoms with E-state index in [9.17, 15) is 4.79 Å². The minimum atomic E-state index is -0.255. The maximum Gasteiger partial charge on any atom is 0.259 e. The first-order valence-corrected chi connectivity index (χ1v) is 7.46. The summed E-state index contributed by atoms with van der Waals surface area (Å²) in [7, 11) is 3.96. The third-order valence-electron chi connectivity index (χ3n) is 3.30. The van der Waals surface area contributed by atoms with Gasteiger partial charge in [0, 0.05) is 6.54 Å². The molecule has 6 nitrogen and oxygen atoms in total. The molecule has 0 saturated carbocycles. The second-order valence-electron chi connectivity index (χ2n) is 5.61. The largest absolute Gasteiger partial charge is 0.490 e. The second-order valence-corrected chi connectivity index (χ2v) is 5.61. The van der Waals surface area contributed by atoms with Crippen molar-refractivity contribution in [2.24, 2.45) is 5.73 Å². The van der Waals surface area contributed by atoms with Crippen LogP contribution in [0.4, 0.5) is 5.69 Å². The van der Waals surface area contributed by atoms with Gasteiger partial charge in [0.1, 0.15) is 24.4 Å². The highest BCUT2D eigenvalue weighted by Crippen LogP contribution is 2.26. The van der Waals surface area contributed by atoms with E-state index in [0.717, 1.165) is 12.1 Å². The van der Waals surface area contributed by atoms with E-state index in [-0.39, 0.29) is 12.5 Å². The number of amides is 1. The summed E-state index contributed by atoms with van der Waals surface area (Å²) >= 11 is 0. The number of anilines is 1. The number of carbonyl (C=O) groups excluding carboxylic acids is 1. The average Bonchev–Trinajstić information content (AvgIpc) is 2.98. The Kier molecular flexibility index (Phi) is 5.78. The Morgan fingerprint density at radius 2 is 2.13 bits per heavy atom. The van der Waals surface area contributed by atoms with Gasteiger partial charge < -0.3 is 25.1 Å². The molecule has 0 saturated heterocycles. The van der Waals surface area contributed by atoms with Crippen LogP contribution in [0.25, 0.3) is 0 Å². The maximum atomic E-state index is 12.3. The first kappa shape index (κ1) is 17.1. The third kappa shape index (κ3) is 4.84. The van der Waals surface area contributed by atoms with Gasteiger partial charge in [-0.25, -0.2) is 0 Å². The van der Waals surface area contributed by atoms with Crippen LogP contribution in [-0.4, -0.2) is 38.1 Å². The summed E-state index contributed by atoms with van der Waals surface area (Å²) in [6.45, 7) is 3.58. The Bertz CT molecular complexity index is 665. The van der Waals surface area contributed by atoms with Crippen LogP contribution in [0.3, 0.4) is 0 Å². The second kappa shape index (κ2) is 7.80. The topological polar surface area (TPSA) is 80.7 Å². The van der Waals surface area contributed by atoms with E-state index in [0.29, 0.717) is 29.4 Å². The Labute approximate surface area is 136 Å². The minimum absolute atomic E-state index is 0.255. The molecule has 2 rings (SSSR count). The highest BCUT2D eigenvalue weighted by atomic mass is 16.5. The molecule has 0 aliphatic rings. The van der Waals surface area contributed by atoms with E-state index in [1.54, 1.807) is 6.07 Å². The molecule has 1 amide bonds. The third-order valence-corrected chi connectivity index (χ3v) is 3.30. The first-order valence-electron chi connectivity index (χ1n) is 7.46. The average molecular weight is 317 g/mol. The van der Waals surface area contributed by atoms with Crippen LogP contribution in [0.15, 0.2) is 34.9 Å². The number of nitrogens with zero attached hydrogens (tertiary/aromatic N) is 1. The summed E-state index contributed by atoms with van der Waals surface area (Å²) < 4.78 is 11.0. The summed E-state index contributed by atoms with van der Waals surface area (Å²) in [5, 5.41) is 2.85. The Hall–Kier alpha value is -2.31. The molecule has 0 atom stereocenters. The molecule has 0 aliphatic carbocycles. The first-order chi connectivity index (χ1) is 11.0. The zero-order valence-electron chi connectivity index (χ0n) is 13.8. The van der Waals surface area contributed by atoms with E-state index in [1.807, 2.05) is 44.1 Å². The lowest BCUT2D eigenvalue weighted by molar-refractivity contribution is 0.102. The Balaban J connectivity index is 2.10. The molecule has 1 aromatic carbocycles. The summed E-state index contributed by atoms with van der Waals surface area (Å²) in [6.07, 6.45) is 1.40. The molecule has 6 heteroatoms. The summed E-state index contributed by atoms with van der Waals surface area (Å²) in [6, 6.07) is 7.30. The van der Waals surface area contributed by atoms with Gasteiger partial charge in [-0.1, -0.05) is 6.07 Å². The van der Waals surface area contributed by atoms with Gasteiger partial charge in [-0.2, -0.15) is 0 Å². The highest BCUT2D eigenvalue weighted by Gasteiger charge is 2.13. The number of nitrogens with one attached hydrogen (secondary N) is 1. The van der Waals surface area contributed by atoms with E-state index >= 15 is 0 Å². The molecule has 1 aromatic heterocycles. The summed E-state index contributed by atoms with van der Waals surface area (Å²) in [5.41, 5.74) is 7.62. The van der Waals surface area contributed by atoms with E-state index < -0.39 is 0 Å². The van der Waals surface area contributed by atoms with Crippen LogP contribution in [0.2, 0.25) is 0 Å². The van der Waals surface area contributed by atoms with Gasteiger partial charge in [0.2, 0.25) is 0 Å². The Morgan fingerprint density at radius 1 is 1.35 bits per heavy atom. The van der Waals surface area contributed by atoms with Gasteiger partial charge in [0.25, 0.3) is 5.91 Å². The summed E-state index contributed by atoms with van der Waals surface area (Å²) in [4.78, 5) is 14.3. The number of hydrogen-bond donors (Lipinski definition) is 2. The van der Waals surface area contributed by atoms with Crippen LogP contribution in [0.1, 0.15) is 21.7 Å². The van der Waals surface area contributed by atoms with Crippen molar-refractivity contribution in [1.82, 2.24) is 4.90 Å². The van der Waals surface area contributed by atoms with Crippen LogP contribution in [-0.2, 0) is 6.54 Å². The van der Waals surface area contributed by atoms with Crippen molar-refractivity contribution in [2.75, 3.05) is 32.6 Å². The molecule has 0 aliphatic heterocycles. The summed E-state index contributed by atoms with van der Waals surface area (Å²) in [5.74, 6) is 0.971. The molecule has 2 aromatic rings. The molecule has 23 heavy (non-hydrogen) atoms. The SMILES string of the molecule is Cc1ccc(NC(=O)c2coc(CN)c2)c(OCCN(C)C)c1. The molecule has 0 radical (unpaired) electrons. The van der Waals surface area contributed by atoms with Gasteiger partial charge in [-0.15, -0.1) is 0 Å². The lowest BCUT2D eigenvalue weighted by Gasteiger charge is -2.15. The van der Waals surface area contributed by atoms with Crippen molar-refractivity contribution >= 4 is 11.6 Å². The van der Waals surface area contributed by atoms with Crippen LogP contribution >= 0.6 is 0 Å². The Morgan fingerprint density at radius 3 is 2.78 bits per heavy atom. The fourth-order valence-corrected chi connectivity index (χ4v) is 1.99. The number of ether oxygens (including phenoxy) is 1. The standard InChI is InChI=1S/C17H23N3O3/c1-12-4-5-15(16(8-12)22-7-6-20(2)3)19-17(21)13-9-14(10-18)23-11-13/h4-5,8-9,11H,6-7,10,18H2,1-3H3,(H,19,21). The molecule has 0 spiro atoms. The van der Waals surface area contributed by atoms with Gasteiger partial charge >= 0.3 is 0 Å².